The molecule has 0 radical (unpaired) electrons. The molecule has 1 aliphatic carbocycles. The maximum Gasteiger partial charge on any atom is 0.312 e. The van der Waals surface area contributed by atoms with Crippen LogP contribution < -0.4 is 5.73 Å². The molecule has 0 saturated heterocycles. The third kappa shape index (κ3) is 3.16. The molecule has 1 amide bonds. The first kappa shape index (κ1) is 17.5. The smallest absolute Gasteiger partial charge is 0.312 e. The Hall–Kier alpha value is -3.56. The first-order valence-electron chi connectivity index (χ1n) is 9.36. The molecule has 3 aromatic rings. The maximum atomic E-state index is 14.1. The number of aromatic nitrogens is 5. The van der Waals surface area contributed by atoms with Crippen LogP contribution in [0.5, 0.6) is 0 Å². The van der Waals surface area contributed by atoms with E-state index >= 15 is 0 Å². The van der Waals surface area contributed by atoms with Gasteiger partial charge in [-0.3, -0.25) is 9.78 Å². The number of rotatable bonds is 4. The molecule has 0 aromatic carbocycles. The second-order valence-electron chi connectivity index (χ2n) is 7.15. The van der Waals surface area contributed by atoms with Gasteiger partial charge in [-0.05, 0) is 31.1 Å². The Kier molecular flexibility index (Phi) is 4.11. The first-order chi connectivity index (χ1) is 14.1. The lowest BCUT2D eigenvalue weighted by Gasteiger charge is -2.34. The van der Waals surface area contributed by atoms with Crippen molar-refractivity contribution in [3.8, 4) is 0 Å². The fourth-order valence-electron chi connectivity index (χ4n) is 3.51. The monoisotopic (exact) mass is 395 g/mol. The number of fused-ring (bicyclic) bond motifs is 1. The number of nitrogens with one attached hydrogen (secondary N) is 1. The summed E-state index contributed by atoms with van der Waals surface area (Å²) in [5.74, 6) is -0.274. The number of hydrogen-bond acceptors (Lipinski definition) is 7. The zero-order valence-electron chi connectivity index (χ0n) is 15.4. The Labute approximate surface area is 164 Å². The predicted octanol–water partition coefficient (Wildman–Crippen LogP) is 1.94. The highest BCUT2D eigenvalue weighted by molar-refractivity contribution is 5.90. The molecule has 0 bridgehead atoms. The average Bonchev–Trinajstić information content (AvgIpc) is 3.26. The Morgan fingerprint density at radius 2 is 2.21 bits per heavy atom. The SMILES string of the molecule is N/C(=C\c1ncccc1F)[C@H]1c2nc[nH]c2CCN1C(=O)c1nnc(C2CC2)o1. The average molecular weight is 395 g/mol. The first-order valence-corrected chi connectivity index (χ1v) is 9.36. The third-order valence-corrected chi connectivity index (χ3v) is 5.14. The van der Waals surface area contributed by atoms with Crippen molar-refractivity contribution in [2.75, 3.05) is 6.54 Å². The number of amides is 1. The number of imidazole rings is 1. The lowest BCUT2D eigenvalue weighted by Crippen LogP contribution is -2.42. The normalized spacial score (nSPS) is 19.3. The van der Waals surface area contributed by atoms with Gasteiger partial charge in [0.15, 0.2) is 0 Å². The van der Waals surface area contributed by atoms with E-state index in [1.54, 1.807) is 6.33 Å². The van der Waals surface area contributed by atoms with Crippen LogP contribution >= 0.6 is 0 Å². The molecule has 3 N–H and O–H groups in total. The van der Waals surface area contributed by atoms with Gasteiger partial charge in [0.2, 0.25) is 5.89 Å². The number of nitrogens with zero attached hydrogens (tertiary/aromatic N) is 5. The van der Waals surface area contributed by atoms with Crippen LogP contribution in [0.3, 0.4) is 0 Å². The Morgan fingerprint density at radius 1 is 1.34 bits per heavy atom. The summed E-state index contributed by atoms with van der Waals surface area (Å²) in [4.78, 5) is 26.1. The van der Waals surface area contributed by atoms with Crippen molar-refractivity contribution in [2.45, 2.75) is 31.2 Å². The highest BCUT2D eigenvalue weighted by atomic mass is 19.1. The van der Waals surface area contributed by atoms with Crippen LogP contribution in [0.25, 0.3) is 6.08 Å². The summed E-state index contributed by atoms with van der Waals surface area (Å²) in [7, 11) is 0. The van der Waals surface area contributed by atoms with E-state index in [-0.39, 0.29) is 23.2 Å². The highest BCUT2D eigenvalue weighted by Crippen LogP contribution is 2.39. The molecule has 10 heteroatoms. The summed E-state index contributed by atoms with van der Waals surface area (Å²) >= 11 is 0. The molecule has 3 aromatic heterocycles. The van der Waals surface area contributed by atoms with E-state index in [0.717, 1.165) is 18.5 Å². The summed E-state index contributed by atoms with van der Waals surface area (Å²) < 4.78 is 19.6. The van der Waals surface area contributed by atoms with Gasteiger partial charge in [-0.15, -0.1) is 10.2 Å². The van der Waals surface area contributed by atoms with Crippen molar-refractivity contribution in [3.05, 3.63) is 65.0 Å². The van der Waals surface area contributed by atoms with Crippen LogP contribution in [0.1, 0.15) is 58.5 Å². The zero-order valence-corrected chi connectivity index (χ0v) is 15.4. The molecule has 9 nitrogen and oxygen atoms in total. The minimum absolute atomic E-state index is 0.0762. The van der Waals surface area contributed by atoms with E-state index in [4.69, 9.17) is 10.2 Å². The minimum Gasteiger partial charge on any atom is -0.417 e. The summed E-state index contributed by atoms with van der Waals surface area (Å²) in [5.41, 5.74) is 8.15. The lowest BCUT2D eigenvalue weighted by molar-refractivity contribution is 0.0644. The molecular weight excluding hydrogens is 377 g/mol. The van der Waals surface area contributed by atoms with Crippen LogP contribution in [-0.2, 0) is 6.42 Å². The van der Waals surface area contributed by atoms with Crippen molar-refractivity contribution >= 4 is 12.0 Å². The van der Waals surface area contributed by atoms with Crippen LogP contribution in [0.4, 0.5) is 4.39 Å². The summed E-state index contributed by atoms with van der Waals surface area (Å²) in [6.45, 7) is 0.374. The number of hydrogen-bond donors (Lipinski definition) is 2. The number of halogens is 1. The van der Waals surface area contributed by atoms with Crippen molar-refractivity contribution in [1.82, 2.24) is 30.0 Å². The van der Waals surface area contributed by atoms with E-state index in [1.807, 2.05) is 0 Å². The Bertz CT molecular complexity index is 1100. The zero-order chi connectivity index (χ0) is 20.0. The second-order valence-corrected chi connectivity index (χ2v) is 7.15. The molecule has 0 spiro atoms. The largest absolute Gasteiger partial charge is 0.417 e. The van der Waals surface area contributed by atoms with Gasteiger partial charge >= 0.3 is 11.8 Å². The second kappa shape index (κ2) is 6.80. The van der Waals surface area contributed by atoms with Crippen molar-refractivity contribution in [1.29, 1.82) is 0 Å². The molecule has 2 aliphatic rings. The molecular formula is C19H18FN7O2. The van der Waals surface area contributed by atoms with E-state index in [2.05, 4.69) is 25.1 Å². The number of pyridine rings is 1. The molecule has 29 heavy (non-hydrogen) atoms. The Balaban J connectivity index is 1.51. The van der Waals surface area contributed by atoms with Gasteiger partial charge in [0.1, 0.15) is 17.6 Å². The number of aromatic amines is 1. The summed E-state index contributed by atoms with van der Waals surface area (Å²) in [6, 6.07) is 2.10. The van der Waals surface area contributed by atoms with E-state index < -0.39 is 17.8 Å². The predicted molar refractivity (Wildman–Crippen MR) is 98.7 cm³/mol. The summed E-state index contributed by atoms with van der Waals surface area (Å²) in [6.07, 6.45) is 7.01. The molecule has 1 saturated carbocycles. The molecule has 1 atom stereocenters. The van der Waals surface area contributed by atoms with E-state index in [0.29, 0.717) is 24.6 Å². The van der Waals surface area contributed by atoms with Gasteiger partial charge in [0.25, 0.3) is 0 Å². The highest BCUT2D eigenvalue weighted by Gasteiger charge is 2.38. The number of nitrogens with two attached hydrogens (primary N) is 1. The fourth-order valence-corrected chi connectivity index (χ4v) is 3.51. The third-order valence-electron chi connectivity index (χ3n) is 5.14. The van der Waals surface area contributed by atoms with Crippen LogP contribution in [0.2, 0.25) is 0 Å². The minimum atomic E-state index is -0.699. The standard InChI is InChI=1S/C19H18FN7O2/c20-11-2-1-6-22-14(11)8-12(21)16-15-13(23-9-24-15)5-7-27(16)19(28)18-26-25-17(29-18)10-3-4-10/h1-2,6,8-10,16H,3-5,7,21H2,(H,23,24)/b12-8-/t16-/m0/s1. The molecule has 5 rings (SSSR count). The molecule has 1 fully saturated rings. The van der Waals surface area contributed by atoms with Gasteiger partial charge in [-0.2, -0.15) is 0 Å². The van der Waals surface area contributed by atoms with E-state index in [1.165, 1.54) is 29.3 Å². The molecule has 4 heterocycles. The van der Waals surface area contributed by atoms with Gasteiger partial charge < -0.3 is 20.0 Å². The maximum absolute atomic E-state index is 14.1. The van der Waals surface area contributed by atoms with Gasteiger partial charge in [-0.25, -0.2) is 9.37 Å². The van der Waals surface area contributed by atoms with Crippen LogP contribution in [0, 0.1) is 5.82 Å². The molecule has 0 unspecified atom stereocenters. The number of carbonyl (C=O) groups is 1. The Morgan fingerprint density at radius 3 is 3.00 bits per heavy atom. The topological polar surface area (TPSA) is 127 Å². The van der Waals surface area contributed by atoms with E-state index in [9.17, 15) is 9.18 Å². The number of H-pyrrole nitrogens is 1. The summed E-state index contributed by atoms with van der Waals surface area (Å²) in [5, 5.41) is 7.91. The number of carbonyl (C=O) groups excluding carboxylic acids is 1. The van der Waals surface area contributed by atoms with Gasteiger partial charge in [0.05, 0.1) is 12.0 Å². The quantitative estimate of drug-likeness (QED) is 0.691. The molecule has 1 aliphatic heterocycles. The van der Waals surface area contributed by atoms with Crippen LogP contribution in [0.15, 0.2) is 34.8 Å². The van der Waals surface area contributed by atoms with Crippen molar-refractivity contribution < 1.29 is 13.6 Å². The van der Waals surface area contributed by atoms with Gasteiger partial charge in [-0.1, -0.05) is 0 Å². The van der Waals surface area contributed by atoms with Crippen LogP contribution in [-0.4, -0.2) is 42.5 Å². The van der Waals surface area contributed by atoms with Gasteiger partial charge in [0, 0.05) is 36.5 Å². The fraction of sp³-hybridized carbons (Fsp3) is 0.316. The van der Waals surface area contributed by atoms with Crippen molar-refractivity contribution in [3.63, 3.8) is 0 Å². The lowest BCUT2D eigenvalue weighted by atomic mass is 9.99. The van der Waals surface area contributed by atoms with Crippen molar-refractivity contribution in [2.24, 2.45) is 5.73 Å². The molecule has 148 valence electrons.